The Bertz CT molecular complexity index is 219. The molecule has 4 heteroatoms. The number of nitrogens with zero attached hydrogens (tertiary/aromatic N) is 2. The summed E-state index contributed by atoms with van der Waals surface area (Å²) in [5, 5.41) is 0. The van der Waals surface area contributed by atoms with Crippen LogP contribution in [-0.2, 0) is 4.74 Å². The van der Waals surface area contributed by atoms with E-state index < -0.39 is 0 Å². The van der Waals surface area contributed by atoms with Gasteiger partial charge in [-0.15, -0.1) is 0 Å². The van der Waals surface area contributed by atoms with E-state index in [4.69, 9.17) is 4.74 Å². The van der Waals surface area contributed by atoms with E-state index in [9.17, 15) is 4.79 Å². The molecule has 0 spiro atoms. The van der Waals surface area contributed by atoms with Crippen molar-refractivity contribution in [2.75, 3.05) is 39.4 Å². The summed E-state index contributed by atoms with van der Waals surface area (Å²) in [6.45, 7) is 7.01. The lowest BCUT2D eigenvalue weighted by Gasteiger charge is -2.36. The van der Waals surface area contributed by atoms with E-state index in [1.807, 2.05) is 9.80 Å². The SMILES string of the molecule is CC1CCN(C(=O)N2CCOCC2)CC1. The van der Waals surface area contributed by atoms with Crippen LogP contribution in [0.4, 0.5) is 4.79 Å². The fraction of sp³-hybridized carbons (Fsp3) is 0.909. The molecule has 0 N–H and O–H groups in total. The first-order valence-electron chi connectivity index (χ1n) is 5.89. The van der Waals surface area contributed by atoms with Gasteiger partial charge in [0.1, 0.15) is 0 Å². The molecule has 0 saturated carbocycles. The van der Waals surface area contributed by atoms with E-state index in [-0.39, 0.29) is 6.03 Å². The fourth-order valence-corrected chi connectivity index (χ4v) is 2.15. The largest absolute Gasteiger partial charge is 0.378 e. The van der Waals surface area contributed by atoms with E-state index in [0.29, 0.717) is 13.2 Å². The van der Waals surface area contributed by atoms with E-state index >= 15 is 0 Å². The molecular weight excluding hydrogens is 192 g/mol. The topological polar surface area (TPSA) is 32.8 Å². The Balaban J connectivity index is 1.84. The van der Waals surface area contributed by atoms with Crippen molar-refractivity contribution >= 4 is 6.03 Å². The number of amides is 2. The van der Waals surface area contributed by atoms with Crippen LogP contribution in [-0.4, -0.2) is 55.2 Å². The van der Waals surface area contributed by atoms with Crippen LogP contribution in [0.25, 0.3) is 0 Å². The van der Waals surface area contributed by atoms with Crippen LogP contribution in [0.2, 0.25) is 0 Å². The average molecular weight is 212 g/mol. The maximum atomic E-state index is 12.1. The Labute approximate surface area is 91.2 Å². The third kappa shape index (κ3) is 2.62. The minimum absolute atomic E-state index is 0.213. The zero-order valence-corrected chi connectivity index (χ0v) is 9.45. The molecule has 0 aromatic rings. The molecule has 2 aliphatic rings. The number of rotatable bonds is 0. The van der Waals surface area contributed by atoms with Crippen LogP contribution in [0.5, 0.6) is 0 Å². The summed E-state index contributed by atoms with van der Waals surface area (Å²) >= 11 is 0. The van der Waals surface area contributed by atoms with Crippen LogP contribution in [0, 0.1) is 5.92 Å². The Morgan fingerprint density at radius 2 is 1.60 bits per heavy atom. The number of ether oxygens (including phenoxy) is 1. The average Bonchev–Trinajstić information content (AvgIpc) is 2.30. The molecule has 4 nitrogen and oxygen atoms in total. The lowest BCUT2D eigenvalue weighted by Crippen LogP contribution is -2.50. The highest BCUT2D eigenvalue weighted by Crippen LogP contribution is 2.17. The van der Waals surface area contributed by atoms with Gasteiger partial charge in [-0.2, -0.15) is 0 Å². The maximum absolute atomic E-state index is 12.1. The number of carbonyl (C=O) groups excluding carboxylic acids is 1. The van der Waals surface area contributed by atoms with Gasteiger partial charge in [0.05, 0.1) is 13.2 Å². The van der Waals surface area contributed by atoms with E-state index in [0.717, 1.165) is 44.9 Å². The van der Waals surface area contributed by atoms with Gasteiger partial charge in [0.25, 0.3) is 0 Å². The monoisotopic (exact) mass is 212 g/mol. The molecule has 0 aromatic carbocycles. The summed E-state index contributed by atoms with van der Waals surface area (Å²) in [6, 6.07) is 0.213. The van der Waals surface area contributed by atoms with Crippen LogP contribution in [0.1, 0.15) is 19.8 Å². The molecule has 0 radical (unpaired) electrons. The molecule has 2 fully saturated rings. The van der Waals surface area contributed by atoms with Crippen molar-refractivity contribution in [2.24, 2.45) is 5.92 Å². The molecule has 2 amide bonds. The smallest absolute Gasteiger partial charge is 0.320 e. The molecule has 0 unspecified atom stereocenters. The number of urea groups is 1. The molecule has 15 heavy (non-hydrogen) atoms. The second-order valence-electron chi connectivity index (χ2n) is 4.55. The Hall–Kier alpha value is -0.770. The molecule has 0 atom stereocenters. The van der Waals surface area contributed by atoms with Crippen molar-refractivity contribution in [1.29, 1.82) is 0 Å². The van der Waals surface area contributed by atoms with Gasteiger partial charge in [-0.05, 0) is 18.8 Å². The van der Waals surface area contributed by atoms with Crippen LogP contribution in [0.3, 0.4) is 0 Å². The first-order chi connectivity index (χ1) is 7.27. The van der Waals surface area contributed by atoms with Crippen molar-refractivity contribution in [2.45, 2.75) is 19.8 Å². The molecular formula is C11H20N2O2. The normalized spacial score (nSPS) is 24.3. The molecule has 2 rings (SSSR count). The first-order valence-corrected chi connectivity index (χ1v) is 5.89. The summed E-state index contributed by atoms with van der Waals surface area (Å²) in [4.78, 5) is 16.0. The van der Waals surface area contributed by atoms with Gasteiger partial charge < -0.3 is 14.5 Å². The van der Waals surface area contributed by atoms with Crippen LogP contribution in [0.15, 0.2) is 0 Å². The van der Waals surface area contributed by atoms with Crippen molar-refractivity contribution in [3.63, 3.8) is 0 Å². The predicted octanol–water partition coefficient (Wildman–Crippen LogP) is 1.17. The standard InChI is InChI=1S/C11H20N2O2/c1-10-2-4-12(5-3-10)11(14)13-6-8-15-9-7-13/h10H,2-9H2,1H3. The molecule has 0 bridgehead atoms. The Kier molecular flexibility index (Phi) is 3.46. The highest BCUT2D eigenvalue weighted by atomic mass is 16.5. The van der Waals surface area contributed by atoms with E-state index in [2.05, 4.69) is 6.92 Å². The highest BCUT2D eigenvalue weighted by Gasteiger charge is 2.25. The van der Waals surface area contributed by atoms with E-state index in [1.165, 1.54) is 0 Å². The fourth-order valence-electron chi connectivity index (χ4n) is 2.15. The number of piperidine rings is 1. The molecule has 0 aromatic heterocycles. The number of hydrogen-bond donors (Lipinski definition) is 0. The number of likely N-dealkylation sites (tertiary alicyclic amines) is 1. The summed E-state index contributed by atoms with van der Waals surface area (Å²) in [5.41, 5.74) is 0. The molecule has 2 aliphatic heterocycles. The minimum atomic E-state index is 0.213. The summed E-state index contributed by atoms with van der Waals surface area (Å²) in [5.74, 6) is 0.777. The van der Waals surface area contributed by atoms with Crippen molar-refractivity contribution in [1.82, 2.24) is 9.80 Å². The quantitative estimate of drug-likeness (QED) is 0.604. The van der Waals surface area contributed by atoms with Gasteiger partial charge in [-0.1, -0.05) is 6.92 Å². The highest BCUT2D eigenvalue weighted by molar-refractivity contribution is 5.74. The molecule has 86 valence electrons. The van der Waals surface area contributed by atoms with Crippen molar-refractivity contribution in [3.8, 4) is 0 Å². The summed E-state index contributed by atoms with van der Waals surface area (Å²) < 4.78 is 5.24. The molecule has 0 aliphatic carbocycles. The third-order valence-corrected chi connectivity index (χ3v) is 3.34. The number of morpholine rings is 1. The number of carbonyl (C=O) groups is 1. The van der Waals surface area contributed by atoms with E-state index in [1.54, 1.807) is 0 Å². The lowest BCUT2D eigenvalue weighted by molar-refractivity contribution is 0.0404. The van der Waals surface area contributed by atoms with Crippen molar-refractivity contribution < 1.29 is 9.53 Å². The van der Waals surface area contributed by atoms with Gasteiger partial charge in [0.15, 0.2) is 0 Å². The lowest BCUT2D eigenvalue weighted by atomic mass is 9.99. The molecule has 2 heterocycles. The second-order valence-corrected chi connectivity index (χ2v) is 4.55. The summed E-state index contributed by atoms with van der Waals surface area (Å²) in [6.07, 6.45) is 2.30. The third-order valence-electron chi connectivity index (χ3n) is 3.34. The second kappa shape index (κ2) is 4.84. The Morgan fingerprint density at radius 1 is 1.07 bits per heavy atom. The predicted molar refractivity (Wildman–Crippen MR) is 57.8 cm³/mol. The van der Waals surface area contributed by atoms with Gasteiger partial charge in [0.2, 0.25) is 0 Å². The van der Waals surface area contributed by atoms with Crippen molar-refractivity contribution in [3.05, 3.63) is 0 Å². The van der Waals surface area contributed by atoms with Gasteiger partial charge in [-0.3, -0.25) is 0 Å². The maximum Gasteiger partial charge on any atom is 0.320 e. The minimum Gasteiger partial charge on any atom is -0.378 e. The van der Waals surface area contributed by atoms with Gasteiger partial charge in [0, 0.05) is 26.2 Å². The zero-order chi connectivity index (χ0) is 10.7. The van der Waals surface area contributed by atoms with Crippen LogP contribution < -0.4 is 0 Å². The number of hydrogen-bond acceptors (Lipinski definition) is 2. The van der Waals surface area contributed by atoms with Crippen LogP contribution >= 0.6 is 0 Å². The van der Waals surface area contributed by atoms with Gasteiger partial charge >= 0.3 is 6.03 Å². The Morgan fingerprint density at radius 3 is 2.20 bits per heavy atom. The van der Waals surface area contributed by atoms with Gasteiger partial charge in [-0.25, -0.2) is 4.79 Å². The molecule has 2 saturated heterocycles. The zero-order valence-electron chi connectivity index (χ0n) is 9.45. The first kappa shape index (κ1) is 10.7. The summed E-state index contributed by atoms with van der Waals surface area (Å²) in [7, 11) is 0.